The second-order valence-corrected chi connectivity index (χ2v) is 5.81. The summed E-state index contributed by atoms with van der Waals surface area (Å²) in [6.07, 6.45) is 0. The van der Waals surface area contributed by atoms with E-state index in [2.05, 4.69) is 26.6 Å². The van der Waals surface area contributed by atoms with Gasteiger partial charge in [0, 0.05) is 16.2 Å². The molecular formula is C15H10BrClF2N2O2. The third kappa shape index (κ3) is 4.74. The molecule has 0 spiro atoms. The van der Waals surface area contributed by atoms with Crippen molar-refractivity contribution in [3.63, 3.8) is 0 Å². The van der Waals surface area contributed by atoms with Gasteiger partial charge in [-0.2, -0.15) is 0 Å². The van der Waals surface area contributed by atoms with Crippen molar-refractivity contribution in [1.29, 1.82) is 0 Å². The number of benzene rings is 2. The molecule has 0 bridgehead atoms. The molecule has 0 saturated heterocycles. The molecular weight excluding hydrogens is 394 g/mol. The number of nitrogens with one attached hydrogen (secondary N) is 2. The Kier molecular flexibility index (Phi) is 5.68. The molecule has 2 aromatic rings. The molecule has 23 heavy (non-hydrogen) atoms. The van der Waals surface area contributed by atoms with Crippen LogP contribution in [0.3, 0.4) is 0 Å². The highest BCUT2D eigenvalue weighted by atomic mass is 79.9. The van der Waals surface area contributed by atoms with Crippen LogP contribution in [0.25, 0.3) is 0 Å². The van der Waals surface area contributed by atoms with Gasteiger partial charge in [-0.25, -0.2) is 8.78 Å². The van der Waals surface area contributed by atoms with E-state index in [4.69, 9.17) is 11.6 Å². The summed E-state index contributed by atoms with van der Waals surface area (Å²) in [6, 6.07) is 7.66. The van der Waals surface area contributed by atoms with Crippen LogP contribution < -0.4 is 10.6 Å². The SMILES string of the molecule is O=C(CNC(=O)c1ccc(Br)cc1Cl)Nc1ccc(F)c(F)c1. The number of carbonyl (C=O) groups excluding carboxylic acids is 2. The normalized spacial score (nSPS) is 10.3. The first-order valence-corrected chi connectivity index (χ1v) is 7.52. The number of hydrogen-bond acceptors (Lipinski definition) is 2. The van der Waals surface area contributed by atoms with Gasteiger partial charge in [-0.05, 0) is 30.3 Å². The van der Waals surface area contributed by atoms with Crippen molar-refractivity contribution in [2.24, 2.45) is 0 Å². The maximum atomic E-state index is 13.0. The quantitative estimate of drug-likeness (QED) is 0.817. The molecule has 0 saturated carbocycles. The van der Waals surface area contributed by atoms with Gasteiger partial charge in [-0.1, -0.05) is 27.5 Å². The fraction of sp³-hybridized carbons (Fsp3) is 0.0667. The summed E-state index contributed by atoms with van der Waals surface area (Å²) in [6.45, 7) is -0.343. The lowest BCUT2D eigenvalue weighted by atomic mass is 10.2. The van der Waals surface area contributed by atoms with Gasteiger partial charge >= 0.3 is 0 Å². The summed E-state index contributed by atoms with van der Waals surface area (Å²) in [5, 5.41) is 4.96. The Bertz CT molecular complexity index is 771. The molecule has 2 amide bonds. The summed E-state index contributed by atoms with van der Waals surface area (Å²) in [4.78, 5) is 23.6. The van der Waals surface area contributed by atoms with Crippen molar-refractivity contribution >= 4 is 45.0 Å². The lowest BCUT2D eigenvalue weighted by Crippen LogP contribution is -2.33. The second-order valence-electron chi connectivity index (χ2n) is 4.48. The van der Waals surface area contributed by atoms with Crippen molar-refractivity contribution in [2.45, 2.75) is 0 Å². The highest BCUT2D eigenvalue weighted by Crippen LogP contribution is 2.21. The monoisotopic (exact) mass is 402 g/mol. The first-order valence-electron chi connectivity index (χ1n) is 6.35. The Morgan fingerprint density at radius 2 is 1.83 bits per heavy atom. The number of amides is 2. The Morgan fingerprint density at radius 1 is 1.09 bits per heavy atom. The molecule has 2 N–H and O–H groups in total. The lowest BCUT2D eigenvalue weighted by Gasteiger charge is -2.08. The highest BCUT2D eigenvalue weighted by molar-refractivity contribution is 9.10. The van der Waals surface area contributed by atoms with Crippen molar-refractivity contribution in [2.75, 3.05) is 11.9 Å². The topological polar surface area (TPSA) is 58.2 Å². The zero-order valence-corrected chi connectivity index (χ0v) is 13.8. The summed E-state index contributed by atoms with van der Waals surface area (Å²) < 4.78 is 26.5. The predicted octanol–water partition coefficient (Wildman–Crippen LogP) is 3.75. The van der Waals surface area contributed by atoms with Crippen molar-refractivity contribution in [3.05, 3.63) is 63.1 Å². The van der Waals surface area contributed by atoms with Gasteiger partial charge in [0.2, 0.25) is 5.91 Å². The van der Waals surface area contributed by atoms with Crippen LogP contribution in [0.15, 0.2) is 40.9 Å². The molecule has 4 nitrogen and oxygen atoms in total. The van der Waals surface area contributed by atoms with Crippen LogP contribution in [0, 0.1) is 11.6 Å². The summed E-state index contributed by atoms with van der Waals surface area (Å²) in [5.74, 6) is -3.20. The highest BCUT2D eigenvalue weighted by Gasteiger charge is 2.12. The van der Waals surface area contributed by atoms with E-state index >= 15 is 0 Å². The van der Waals surface area contributed by atoms with Gasteiger partial charge < -0.3 is 10.6 Å². The van der Waals surface area contributed by atoms with Gasteiger partial charge in [0.25, 0.3) is 5.91 Å². The Labute approximate surface area is 144 Å². The maximum Gasteiger partial charge on any atom is 0.253 e. The average Bonchev–Trinajstić information content (AvgIpc) is 2.48. The molecule has 0 aliphatic heterocycles. The largest absolute Gasteiger partial charge is 0.343 e. The van der Waals surface area contributed by atoms with Gasteiger partial charge in [-0.3, -0.25) is 9.59 Å². The van der Waals surface area contributed by atoms with Gasteiger partial charge in [0.05, 0.1) is 17.1 Å². The molecule has 2 rings (SSSR count). The second kappa shape index (κ2) is 7.52. The summed E-state index contributed by atoms with van der Waals surface area (Å²) in [5.41, 5.74) is 0.306. The first kappa shape index (κ1) is 17.4. The fourth-order valence-corrected chi connectivity index (χ4v) is 2.47. The molecule has 0 aromatic heterocycles. The molecule has 0 unspecified atom stereocenters. The molecule has 0 aliphatic carbocycles. The van der Waals surface area contributed by atoms with E-state index in [9.17, 15) is 18.4 Å². The minimum Gasteiger partial charge on any atom is -0.343 e. The minimum absolute atomic E-state index is 0.0878. The number of carbonyl (C=O) groups is 2. The van der Waals surface area contributed by atoms with Crippen molar-refractivity contribution < 1.29 is 18.4 Å². The molecule has 120 valence electrons. The van der Waals surface area contributed by atoms with Gasteiger partial charge in [0.15, 0.2) is 11.6 Å². The Balaban J connectivity index is 1.93. The molecule has 0 fully saturated rings. The summed E-state index contributed by atoms with van der Waals surface area (Å²) in [7, 11) is 0. The Hall–Kier alpha value is -1.99. The zero-order valence-electron chi connectivity index (χ0n) is 11.5. The van der Waals surface area contributed by atoms with Crippen LogP contribution in [-0.2, 0) is 4.79 Å². The average molecular weight is 404 g/mol. The van der Waals surface area contributed by atoms with Crippen LogP contribution in [0.2, 0.25) is 5.02 Å². The van der Waals surface area contributed by atoms with Crippen LogP contribution >= 0.6 is 27.5 Å². The third-order valence-corrected chi connectivity index (χ3v) is 3.59. The third-order valence-electron chi connectivity index (χ3n) is 2.79. The molecule has 8 heteroatoms. The fourth-order valence-electron chi connectivity index (χ4n) is 1.71. The number of rotatable bonds is 4. The molecule has 2 aromatic carbocycles. The lowest BCUT2D eigenvalue weighted by molar-refractivity contribution is -0.115. The zero-order chi connectivity index (χ0) is 17.0. The van der Waals surface area contributed by atoms with Crippen LogP contribution in [0.1, 0.15) is 10.4 Å². The van der Waals surface area contributed by atoms with Crippen molar-refractivity contribution in [1.82, 2.24) is 5.32 Å². The first-order chi connectivity index (χ1) is 10.9. The number of halogens is 4. The number of anilines is 1. The smallest absolute Gasteiger partial charge is 0.253 e. The molecule has 0 atom stereocenters. The van der Waals surface area contributed by atoms with E-state index in [0.29, 0.717) is 0 Å². The predicted molar refractivity (Wildman–Crippen MR) is 86.5 cm³/mol. The van der Waals surface area contributed by atoms with Crippen LogP contribution in [0.4, 0.5) is 14.5 Å². The standard InChI is InChI=1S/C15H10BrClF2N2O2/c16-8-1-3-10(11(17)5-8)15(23)20-7-14(22)21-9-2-4-12(18)13(19)6-9/h1-6H,7H2,(H,20,23)(H,21,22). The van der Waals surface area contributed by atoms with Crippen molar-refractivity contribution in [3.8, 4) is 0 Å². The van der Waals surface area contributed by atoms with Crippen LogP contribution in [0.5, 0.6) is 0 Å². The van der Waals surface area contributed by atoms with E-state index < -0.39 is 23.4 Å². The Morgan fingerprint density at radius 3 is 2.48 bits per heavy atom. The van der Waals surface area contributed by atoms with Crippen LogP contribution in [-0.4, -0.2) is 18.4 Å². The van der Waals surface area contributed by atoms with E-state index in [1.165, 1.54) is 12.1 Å². The molecule has 0 heterocycles. The van der Waals surface area contributed by atoms with E-state index in [1.807, 2.05) is 0 Å². The summed E-state index contributed by atoms with van der Waals surface area (Å²) >= 11 is 9.15. The van der Waals surface area contributed by atoms with E-state index in [-0.39, 0.29) is 22.8 Å². The van der Waals surface area contributed by atoms with E-state index in [0.717, 1.165) is 16.6 Å². The van der Waals surface area contributed by atoms with Gasteiger partial charge in [0.1, 0.15) is 0 Å². The maximum absolute atomic E-state index is 13.0. The van der Waals surface area contributed by atoms with E-state index in [1.54, 1.807) is 12.1 Å². The molecule has 0 aliphatic rings. The number of hydrogen-bond donors (Lipinski definition) is 2. The minimum atomic E-state index is -1.08. The molecule has 0 radical (unpaired) electrons. The van der Waals surface area contributed by atoms with Gasteiger partial charge in [-0.15, -0.1) is 0 Å².